The number of ether oxygens (including phenoxy) is 2. The maximum absolute atomic E-state index is 11.8. The number of carbonyl (C=O) groups is 1. The topological polar surface area (TPSA) is 35.5 Å². The van der Waals surface area contributed by atoms with Crippen molar-refractivity contribution in [3.63, 3.8) is 0 Å². The first kappa shape index (κ1) is 14.8. The summed E-state index contributed by atoms with van der Waals surface area (Å²) in [5.74, 6) is 0. The molecule has 0 atom stereocenters. The number of carbonyl (C=O) groups excluding carboxylic acids is 1. The van der Waals surface area contributed by atoms with E-state index in [2.05, 4.69) is 9.47 Å². The Morgan fingerprint density at radius 1 is 1.12 bits per heavy atom. The molecule has 0 aliphatic carbocycles. The van der Waals surface area contributed by atoms with Crippen LogP contribution >= 0.6 is 0 Å². The van der Waals surface area contributed by atoms with Crippen molar-refractivity contribution in [2.45, 2.75) is 31.8 Å². The molecule has 16 heavy (non-hydrogen) atoms. The second kappa shape index (κ2) is 5.26. The lowest BCUT2D eigenvalue weighted by Crippen LogP contribution is -2.45. The number of rotatable bonds is 3. The molecule has 0 aliphatic rings. The highest BCUT2D eigenvalue weighted by Gasteiger charge is 2.60. The average molecular weight is 254 g/mol. The van der Waals surface area contributed by atoms with E-state index in [9.17, 15) is 31.1 Å². The van der Waals surface area contributed by atoms with Crippen molar-refractivity contribution in [2.75, 3.05) is 6.61 Å². The van der Waals surface area contributed by atoms with Crippen LogP contribution in [0.4, 0.5) is 31.1 Å². The molecule has 0 heterocycles. The van der Waals surface area contributed by atoms with E-state index in [1.807, 2.05) is 0 Å². The summed E-state index contributed by atoms with van der Waals surface area (Å²) in [5.41, 5.74) is 0. The molecular formula is C7H8F6O3. The van der Waals surface area contributed by atoms with Crippen molar-refractivity contribution in [1.29, 1.82) is 0 Å². The minimum absolute atomic E-state index is 0.248. The quantitative estimate of drug-likeness (QED) is 0.573. The zero-order valence-electron chi connectivity index (χ0n) is 7.98. The SMILES string of the molecule is CCCOC(=O)OC(C(F)(F)F)C(F)(F)F. The van der Waals surface area contributed by atoms with Gasteiger partial charge in [-0.25, -0.2) is 4.79 Å². The van der Waals surface area contributed by atoms with Crippen molar-refractivity contribution in [1.82, 2.24) is 0 Å². The van der Waals surface area contributed by atoms with Gasteiger partial charge in [0.25, 0.3) is 6.10 Å². The van der Waals surface area contributed by atoms with Crippen LogP contribution in [0.2, 0.25) is 0 Å². The lowest BCUT2D eigenvalue weighted by atomic mass is 10.3. The lowest BCUT2D eigenvalue weighted by Gasteiger charge is -2.22. The summed E-state index contributed by atoms with van der Waals surface area (Å²) in [6.45, 7) is 1.19. The average Bonchev–Trinajstić information content (AvgIpc) is 2.07. The summed E-state index contributed by atoms with van der Waals surface area (Å²) in [6.07, 6.45) is -17.4. The summed E-state index contributed by atoms with van der Waals surface area (Å²) in [5, 5.41) is 0. The molecule has 9 heteroatoms. The molecule has 0 aromatic rings. The maximum atomic E-state index is 11.8. The van der Waals surface area contributed by atoms with Gasteiger partial charge in [0.2, 0.25) is 0 Å². The van der Waals surface area contributed by atoms with Gasteiger partial charge in [0.1, 0.15) is 0 Å². The Bertz CT molecular complexity index is 219. The molecule has 0 amide bonds. The van der Waals surface area contributed by atoms with Crippen molar-refractivity contribution < 1.29 is 40.6 Å². The zero-order valence-corrected chi connectivity index (χ0v) is 7.98. The van der Waals surface area contributed by atoms with Crippen LogP contribution < -0.4 is 0 Å². The van der Waals surface area contributed by atoms with Gasteiger partial charge in [-0.1, -0.05) is 6.92 Å². The molecule has 96 valence electrons. The first-order valence-corrected chi connectivity index (χ1v) is 4.06. The standard InChI is InChI=1S/C7H8F6O3/c1-2-3-15-5(14)16-4(6(8,9)10)7(11,12)13/h4H,2-3H2,1H3. The Labute approximate surface area is 86.3 Å². The molecule has 0 radical (unpaired) electrons. The molecule has 0 aromatic heterocycles. The third-order valence-corrected chi connectivity index (χ3v) is 1.23. The van der Waals surface area contributed by atoms with Crippen LogP contribution in [-0.2, 0) is 9.47 Å². The predicted octanol–water partition coefficient (Wildman–Crippen LogP) is 3.04. The predicted molar refractivity (Wildman–Crippen MR) is 38.6 cm³/mol. The fourth-order valence-electron chi connectivity index (χ4n) is 0.635. The first-order valence-electron chi connectivity index (χ1n) is 4.06. The highest BCUT2D eigenvalue weighted by Crippen LogP contribution is 2.35. The Hall–Kier alpha value is -1.15. The minimum Gasteiger partial charge on any atom is -0.434 e. The van der Waals surface area contributed by atoms with Crippen molar-refractivity contribution in [3.05, 3.63) is 0 Å². The lowest BCUT2D eigenvalue weighted by molar-refractivity contribution is -0.310. The van der Waals surface area contributed by atoms with Gasteiger partial charge in [0, 0.05) is 0 Å². The van der Waals surface area contributed by atoms with E-state index < -0.39 is 24.6 Å². The van der Waals surface area contributed by atoms with Crippen LogP contribution in [-0.4, -0.2) is 31.2 Å². The molecule has 0 N–H and O–H groups in total. The fourth-order valence-corrected chi connectivity index (χ4v) is 0.635. The van der Waals surface area contributed by atoms with Gasteiger partial charge in [-0.3, -0.25) is 0 Å². The Kier molecular flexibility index (Phi) is 4.88. The monoisotopic (exact) mass is 254 g/mol. The third-order valence-electron chi connectivity index (χ3n) is 1.23. The van der Waals surface area contributed by atoms with Crippen LogP contribution in [0.5, 0.6) is 0 Å². The number of hydrogen-bond acceptors (Lipinski definition) is 3. The normalized spacial score (nSPS) is 12.8. The van der Waals surface area contributed by atoms with Crippen molar-refractivity contribution in [2.24, 2.45) is 0 Å². The summed E-state index contributed by atoms with van der Waals surface area (Å²) in [7, 11) is 0. The second-order valence-electron chi connectivity index (χ2n) is 2.68. The highest BCUT2D eigenvalue weighted by molar-refractivity contribution is 5.60. The molecular weight excluding hydrogens is 246 g/mol. The van der Waals surface area contributed by atoms with E-state index in [0.717, 1.165) is 0 Å². The van der Waals surface area contributed by atoms with Crippen LogP contribution in [0.15, 0.2) is 0 Å². The molecule has 0 bridgehead atoms. The van der Waals surface area contributed by atoms with Gasteiger partial charge in [0.05, 0.1) is 6.61 Å². The molecule has 0 fully saturated rings. The third kappa shape index (κ3) is 5.08. The molecule has 0 spiro atoms. The van der Waals surface area contributed by atoms with Gasteiger partial charge in [-0.05, 0) is 6.42 Å². The minimum atomic E-state index is -5.72. The van der Waals surface area contributed by atoms with Crippen molar-refractivity contribution in [3.8, 4) is 0 Å². The largest absolute Gasteiger partial charge is 0.509 e. The van der Waals surface area contributed by atoms with Crippen molar-refractivity contribution >= 4 is 6.16 Å². The van der Waals surface area contributed by atoms with Crippen LogP contribution in [0.25, 0.3) is 0 Å². The van der Waals surface area contributed by atoms with Crippen LogP contribution in [0, 0.1) is 0 Å². The second-order valence-corrected chi connectivity index (χ2v) is 2.68. The summed E-state index contributed by atoms with van der Waals surface area (Å²) in [6, 6.07) is 0. The number of hydrogen-bond donors (Lipinski definition) is 0. The van der Waals surface area contributed by atoms with Gasteiger partial charge in [-0.2, -0.15) is 26.3 Å². The van der Waals surface area contributed by atoms with Crippen LogP contribution in [0.1, 0.15) is 13.3 Å². The summed E-state index contributed by atoms with van der Waals surface area (Å²) < 4.78 is 78.2. The van der Waals surface area contributed by atoms with Crippen LogP contribution in [0.3, 0.4) is 0 Å². The van der Waals surface area contributed by atoms with E-state index >= 15 is 0 Å². The molecule has 0 saturated carbocycles. The maximum Gasteiger partial charge on any atom is 0.509 e. The Balaban J connectivity index is 4.52. The summed E-state index contributed by atoms with van der Waals surface area (Å²) >= 11 is 0. The smallest absolute Gasteiger partial charge is 0.434 e. The number of halogens is 6. The molecule has 0 saturated heterocycles. The van der Waals surface area contributed by atoms with E-state index in [0.29, 0.717) is 0 Å². The van der Waals surface area contributed by atoms with E-state index in [1.165, 1.54) is 6.92 Å². The summed E-state index contributed by atoms with van der Waals surface area (Å²) in [4.78, 5) is 10.5. The first-order chi connectivity index (χ1) is 7.09. The van der Waals surface area contributed by atoms with E-state index in [4.69, 9.17) is 0 Å². The fraction of sp³-hybridized carbons (Fsp3) is 0.857. The Morgan fingerprint density at radius 2 is 1.56 bits per heavy atom. The van der Waals surface area contributed by atoms with E-state index in [-0.39, 0.29) is 13.0 Å². The zero-order chi connectivity index (χ0) is 13.0. The van der Waals surface area contributed by atoms with Gasteiger partial charge in [0.15, 0.2) is 0 Å². The van der Waals surface area contributed by atoms with Gasteiger partial charge >= 0.3 is 18.5 Å². The number of alkyl halides is 6. The van der Waals surface area contributed by atoms with E-state index in [1.54, 1.807) is 0 Å². The molecule has 3 nitrogen and oxygen atoms in total. The molecule has 0 unspecified atom stereocenters. The highest BCUT2D eigenvalue weighted by atomic mass is 19.4. The molecule has 0 aromatic carbocycles. The molecule has 0 rings (SSSR count). The Morgan fingerprint density at radius 3 is 1.88 bits per heavy atom. The van der Waals surface area contributed by atoms with Gasteiger partial charge < -0.3 is 9.47 Å². The van der Waals surface area contributed by atoms with Gasteiger partial charge in [-0.15, -0.1) is 0 Å². The molecule has 0 aliphatic heterocycles.